The largest absolute Gasteiger partial charge is 0.328 e. The molecule has 0 aromatic heterocycles. The second kappa shape index (κ2) is 6.19. The molecular weight excluding hydrogens is 208 g/mol. The van der Waals surface area contributed by atoms with E-state index in [-0.39, 0.29) is 0 Å². The molecule has 0 amide bonds. The van der Waals surface area contributed by atoms with Crippen molar-refractivity contribution in [3.63, 3.8) is 0 Å². The summed E-state index contributed by atoms with van der Waals surface area (Å²) in [5, 5.41) is 0. The highest BCUT2D eigenvalue weighted by molar-refractivity contribution is 4.85. The Morgan fingerprint density at radius 1 is 0.941 bits per heavy atom. The van der Waals surface area contributed by atoms with Gasteiger partial charge in [-0.3, -0.25) is 0 Å². The minimum atomic E-state index is 0.372. The predicted molar refractivity (Wildman–Crippen MR) is 74.0 cm³/mol. The Hall–Kier alpha value is -0.0800. The third kappa shape index (κ3) is 3.45. The summed E-state index contributed by atoms with van der Waals surface area (Å²) in [7, 11) is 0. The zero-order valence-corrected chi connectivity index (χ0v) is 11.7. The van der Waals surface area contributed by atoms with Crippen molar-refractivity contribution in [2.45, 2.75) is 70.9 Å². The quantitative estimate of drug-likeness (QED) is 0.819. The summed E-state index contributed by atoms with van der Waals surface area (Å²) in [5.74, 6) is 1.69. The number of piperidine rings is 1. The summed E-state index contributed by atoms with van der Waals surface area (Å²) < 4.78 is 0. The Bertz CT molecular complexity index is 221. The average Bonchev–Trinajstić information content (AvgIpc) is 2.39. The number of hydrogen-bond donors (Lipinski definition) is 1. The molecule has 17 heavy (non-hydrogen) atoms. The highest BCUT2D eigenvalue weighted by atomic mass is 15.2. The molecule has 0 aromatic carbocycles. The van der Waals surface area contributed by atoms with Crippen LogP contribution in [-0.4, -0.2) is 30.1 Å². The fourth-order valence-electron chi connectivity index (χ4n) is 3.75. The molecule has 3 atom stereocenters. The highest BCUT2D eigenvalue weighted by Crippen LogP contribution is 2.31. The first-order valence-electron chi connectivity index (χ1n) is 7.68. The van der Waals surface area contributed by atoms with Gasteiger partial charge >= 0.3 is 0 Å². The van der Waals surface area contributed by atoms with Crippen molar-refractivity contribution in [1.82, 2.24) is 4.90 Å². The van der Waals surface area contributed by atoms with E-state index in [0.29, 0.717) is 6.04 Å². The molecule has 100 valence electrons. The zero-order valence-electron chi connectivity index (χ0n) is 11.7. The lowest BCUT2D eigenvalue weighted by Gasteiger charge is -2.42. The summed E-state index contributed by atoms with van der Waals surface area (Å²) in [6.45, 7) is 7.19. The van der Waals surface area contributed by atoms with Crippen molar-refractivity contribution in [1.29, 1.82) is 0 Å². The van der Waals surface area contributed by atoms with Gasteiger partial charge in [-0.15, -0.1) is 0 Å². The van der Waals surface area contributed by atoms with Gasteiger partial charge in [0.2, 0.25) is 0 Å². The molecule has 1 saturated carbocycles. The van der Waals surface area contributed by atoms with Crippen LogP contribution in [0.25, 0.3) is 0 Å². The van der Waals surface area contributed by atoms with Crippen molar-refractivity contribution >= 4 is 0 Å². The van der Waals surface area contributed by atoms with Crippen LogP contribution < -0.4 is 5.73 Å². The van der Waals surface area contributed by atoms with E-state index < -0.39 is 0 Å². The summed E-state index contributed by atoms with van der Waals surface area (Å²) in [5.41, 5.74) is 6.08. The third-order valence-corrected chi connectivity index (χ3v) is 5.14. The van der Waals surface area contributed by atoms with Crippen LogP contribution in [0.5, 0.6) is 0 Å². The fraction of sp³-hybridized carbons (Fsp3) is 1.00. The van der Waals surface area contributed by atoms with Crippen LogP contribution in [0.4, 0.5) is 0 Å². The first-order valence-corrected chi connectivity index (χ1v) is 7.68. The van der Waals surface area contributed by atoms with Gasteiger partial charge in [0.1, 0.15) is 0 Å². The molecule has 2 rings (SSSR count). The molecule has 1 heterocycles. The maximum Gasteiger partial charge on any atom is 0.00953 e. The SMILES string of the molecule is CC(N)C1CCCN(C(C)C2CCCCC2)C1. The van der Waals surface area contributed by atoms with E-state index in [1.807, 2.05) is 0 Å². The van der Waals surface area contributed by atoms with Crippen molar-refractivity contribution in [2.75, 3.05) is 13.1 Å². The van der Waals surface area contributed by atoms with Gasteiger partial charge in [0, 0.05) is 18.6 Å². The van der Waals surface area contributed by atoms with Crippen LogP contribution in [0.3, 0.4) is 0 Å². The summed E-state index contributed by atoms with van der Waals surface area (Å²) in [4.78, 5) is 2.73. The van der Waals surface area contributed by atoms with E-state index in [9.17, 15) is 0 Å². The summed E-state index contributed by atoms with van der Waals surface area (Å²) >= 11 is 0. The van der Waals surface area contributed by atoms with E-state index in [1.54, 1.807) is 0 Å². The number of nitrogens with two attached hydrogens (primary N) is 1. The zero-order chi connectivity index (χ0) is 12.3. The van der Waals surface area contributed by atoms with E-state index in [2.05, 4.69) is 18.7 Å². The summed E-state index contributed by atoms with van der Waals surface area (Å²) in [6.07, 6.45) is 9.99. The molecule has 2 fully saturated rings. The highest BCUT2D eigenvalue weighted by Gasteiger charge is 2.30. The molecule has 2 N–H and O–H groups in total. The monoisotopic (exact) mass is 238 g/mol. The van der Waals surface area contributed by atoms with Gasteiger partial charge in [-0.25, -0.2) is 0 Å². The molecule has 0 aromatic rings. The first kappa shape index (κ1) is 13.4. The van der Waals surface area contributed by atoms with Gasteiger partial charge in [-0.1, -0.05) is 19.3 Å². The van der Waals surface area contributed by atoms with Crippen LogP contribution in [0.15, 0.2) is 0 Å². The number of rotatable bonds is 3. The second-order valence-corrected chi connectivity index (χ2v) is 6.40. The van der Waals surface area contributed by atoms with E-state index >= 15 is 0 Å². The first-order chi connectivity index (χ1) is 8.18. The average molecular weight is 238 g/mol. The molecule has 1 saturated heterocycles. The maximum atomic E-state index is 6.08. The minimum absolute atomic E-state index is 0.372. The van der Waals surface area contributed by atoms with Crippen molar-refractivity contribution in [3.05, 3.63) is 0 Å². The number of hydrogen-bond acceptors (Lipinski definition) is 2. The van der Waals surface area contributed by atoms with Gasteiger partial charge < -0.3 is 10.6 Å². The van der Waals surface area contributed by atoms with E-state index in [4.69, 9.17) is 5.73 Å². The van der Waals surface area contributed by atoms with E-state index in [0.717, 1.165) is 17.9 Å². The molecule has 1 aliphatic heterocycles. The van der Waals surface area contributed by atoms with Crippen LogP contribution in [0.1, 0.15) is 58.8 Å². The lowest BCUT2D eigenvalue weighted by Crippen LogP contribution is -2.48. The lowest BCUT2D eigenvalue weighted by atomic mass is 9.82. The molecule has 3 unspecified atom stereocenters. The van der Waals surface area contributed by atoms with E-state index in [1.165, 1.54) is 58.0 Å². The van der Waals surface area contributed by atoms with Crippen molar-refractivity contribution in [3.8, 4) is 0 Å². The Morgan fingerprint density at radius 3 is 2.24 bits per heavy atom. The van der Waals surface area contributed by atoms with Gasteiger partial charge in [-0.05, 0) is 57.9 Å². The third-order valence-electron chi connectivity index (χ3n) is 5.14. The molecule has 0 radical (unpaired) electrons. The molecule has 1 aliphatic carbocycles. The van der Waals surface area contributed by atoms with Crippen LogP contribution in [-0.2, 0) is 0 Å². The van der Waals surface area contributed by atoms with Crippen molar-refractivity contribution in [2.24, 2.45) is 17.6 Å². The minimum Gasteiger partial charge on any atom is -0.328 e. The Kier molecular flexibility index (Phi) is 4.87. The molecule has 2 nitrogen and oxygen atoms in total. The topological polar surface area (TPSA) is 29.3 Å². The fourth-order valence-corrected chi connectivity index (χ4v) is 3.75. The van der Waals surface area contributed by atoms with Gasteiger partial charge in [0.15, 0.2) is 0 Å². The second-order valence-electron chi connectivity index (χ2n) is 6.40. The standard InChI is InChI=1S/C15H30N2/c1-12(16)15-9-6-10-17(11-15)13(2)14-7-4-3-5-8-14/h12-15H,3-11,16H2,1-2H3. The smallest absolute Gasteiger partial charge is 0.00953 e. The molecular formula is C15H30N2. The van der Waals surface area contributed by atoms with Crippen LogP contribution in [0, 0.1) is 11.8 Å². The Morgan fingerprint density at radius 2 is 1.59 bits per heavy atom. The van der Waals surface area contributed by atoms with Gasteiger partial charge in [0.25, 0.3) is 0 Å². The Labute approximate surface area is 107 Å². The van der Waals surface area contributed by atoms with Gasteiger partial charge in [0.05, 0.1) is 0 Å². The van der Waals surface area contributed by atoms with Crippen LogP contribution >= 0.6 is 0 Å². The van der Waals surface area contributed by atoms with Gasteiger partial charge in [-0.2, -0.15) is 0 Å². The Balaban J connectivity index is 1.87. The molecule has 0 spiro atoms. The predicted octanol–water partition coefficient (Wildman–Crippen LogP) is 3.01. The number of nitrogens with zero attached hydrogens (tertiary/aromatic N) is 1. The lowest BCUT2D eigenvalue weighted by molar-refractivity contribution is 0.0763. The van der Waals surface area contributed by atoms with Crippen molar-refractivity contribution < 1.29 is 0 Å². The maximum absolute atomic E-state index is 6.08. The number of likely N-dealkylation sites (tertiary alicyclic amines) is 1. The molecule has 2 heteroatoms. The molecule has 2 aliphatic rings. The normalized spacial score (nSPS) is 32.3. The molecule has 0 bridgehead atoms. The summed E-state index contributed by atoms with van der Waals surface area (Å²) in [6, 6.07) is 1.16. The van der Waals surface area contributed by atoms with Crippen LogP contribution in [0.2, 0.25) is 0 Å².